The van der Waals surface area contributed by atoms with Gasteiger partial charge in [-0.05, 0) is 105 Å². The number of ether oxygens (including phenoxy) is 2. The molecule has 2 aromatic rings. The minimum atomic E-state index is -3.97. The van der Waals surface area contributed by atoms with Crippen molar-refractivity contribution in [2.75, 3.05) is 70.2 Å². The van der Waals surface area contributed by atoms with E-state index < -0.39 is 31.2 Å². The summed E-state index contributed by atoms with van der Waals surface area (Å²) < 4.78 is 68.2. The van der Waals surface area contributed by atoms with Crippen LogP contribution in [0.2, 0.25) is 5.02 Å². The standard InChI is InChI=1S/C39H53ClN4O7S2.H2/c1-27-6-4-8-36(50-21-20-42-16-18-44(19-17-42)52(3,46)47)33-12-9-31(33)24-43-25-39(15-5-7-29-22-32(40)11-13-34(29)39)26-51-37-14-10-30(23-35(37)43)38(45)41-53(48,49)28(27)2;/h4,8,10-11,13-14,22-23,27-28,31,33,36H,5-7,9,12,15-21,24-26H2,1-3H3,(H,41,45);1H/b8-4+;/t27-,28+,31-,33+,36-,39-;/m0./s1. The first-order valence-corrected chi connectivity index (χ1v) is 22.8. The van der Waals surface area contributed by atoms with Gasteiger partial charge in [0.05, 0.1) is 36.5 Å². The quantitative estimate of drug-likeness (QED) is 0.413. The van der Waals surface area contributed by atoms with Crippen LogP contribution >= 0.6 is 11.6 Å². The third-order valence-corrected chi connectivity index (χ3v) is 16.0. The highest BCUT2D eigenvalue weighted by Gasteiger charge is 2.45. The van der Waals surface area contributed by atoms with Gasteiger partial charge in [0, 0.05) is 63.2 Å². The van der Waals surface area contributed by atoms with E-state index in [9.17, 15) is 21.6 Å². The van der Waals surface area contributed by atoms with Crippen LogP contribution in [-0.2, 0) is 36.6 Å². The van der Waals surface area contributed by atoms with Crippen LogP contribution in [0.5, 0.6) is 5.75 Å². The van der Waals surface area contributed by atoms with Gasteiger partial charge in [-0.15, -0.1) is 0 Å². The van der Waals surface area contributed by atoms with Gasteiger partial charge in [-0.3, -0.25) is 9.69 Å². The lowest BCUT2D eigenvalue weighted by atomic mass is 9.68. The van der Waals surface area contributed by atoms with Crippen LogP contribution in [-0.4, -0.2) is 109 Å². The lowest BCUT2D eigenvalue weighted by Gasteiger charge is -2.46. The summed E-state index contributed by atoms with van der Waals surface area (Å²) in [6.45, 7) is 8.97. The number of piperazine rings is 1. The number of rotatable bonds is 5. The number of halogens is 1. The van der Waals surface area contributed by atoms with Crippen molar-refractivity contribution in [2.45, 2.75) is 69.1 Å². The Kier molecular flexibility index (Phi) is 11.3. The van der Waals surface area contributed by atoms with Crippen molar-refractivity contribution in [3.05, 3.63) is 70.3 Å². The van der Waals surface area contributed by atoms with Gasteiger partial charge in [-0.2, -0.15) is 4.31 Å². The van der Waals surface area contributed by atoms with E-state index >= 15 is 0 Å². The Labute approximate surface area is 321 Å². The lowest BCUT2D eigenvalue weighted by molar-refractivity contribution is -0.0226. The molecule has 0 radical (unpaired) electrons. The molecular formula is C39H55ClN4O7S2. The first kappa shape index (κ1) is 38.6. The average Bonchev–Trinajstić information content (AvgIpc) is 3.25. The van der Waals surface area contributed by atoms with Crippen molar-refractivity contribution in [1.82, 2.24) is 13.9 Å². The number of nitrogens with zero attached hydrogens (tertiary/aromatic N) is 3. The number of sulfonamides is 2. The summed E-state index contributed by atoms with van der Waals surface area (Å²) in [6.07, 6.45) is 10.8. The van der Waals surface area contributed by atoms with Crippen LogP contribution in [0, 0.1) is 17.8 Å². The lowest BCUT2D eigenvalue weighted by Crippen LogP contribution is -2.50. The summed E-state index contributed by atoms with van der Waals surface area (Å²) in [6, 6.07) is 11.5. The van der Waals surface area contributed by atoms with Gasteiger partial charge in [0.25, 0.3) is 5.91 Å². The van der Waals surface area contributed by atoms with Crippen molar-refractivity contribution in [1.29, 1.82) is 0 Å². The van der Waals surface area contributed by atoms with E-state index in [1.165, 1.54) is 21.7 Å². The van der Waals surface area contributed by atoms with Gasteiger partial charge in [-0.25, -0.2) is 21.6 Å². The van der Waals surface area contributed by atoms with Gasteiger partial charge in [0.2, 0.25) is 20.0 Å². The Morgan fingerprint density at radius 1 is 1.09 bits per heavy atom. The summed E-state index contributed by atoms with van der Waals surface area (Å²) in [5, 5.41) is -0.0728. The molecule has 2 aromatic carbocycles. The molecule has 1 saturated carbocycles. The first-order chi connectivity index (χ1) is 25.2. The van der Waals surface area contributed by atoms with E-state index in [1.54, 1.807) is 19.1 Å². The van der Waals surface area contributed by atoms with Gasteiger partial charge in [0.15, 0.2) is 0 Å². The molecule has 11 nitrogen and oxygen atoms in total. The summed E-state index contributed by atoms with van der Waals surface area (Å²) in [5.41, 5.74) is 3.30. The van der Waals surface area contributed by atoms with Crippen LogP contribution in [0.4, 0.5) is 5.69 Å². The van der Waals surface area contributed by atoms with E-state index in [4.69, 9.17) is 21.1 Å². The molecule has 2 aliphatic carbocycles. The maximum atomic E-state index is 13.6. The van der Waals surface area contributed by atoms with E-state index in [0.29, 0.717) is 70.6 Å². The first-order valence-electron chi connectivity index (χ1n) is 19.0. The number of hydrogen-bond donors (Lipinski definition) is 1. The average molecular weight is 791 g/mol. The van der Waals surface area contributed by atoms with Gasteiger partial charge < -0.3 is 14.4 Å². The molecule has 2 fully saturated rings. The summed E-state index contributed by atoms with van der Waals surface area (Å²) >= 11 is 6.47. The SMILES string of the molecule is C[C@@H]1[C@@H](C)C/C=C/[C@H](OCCN2CCN(S(C)(=O)=O)CC2)[C@@H]2CC[C@H]2CN2C[C@@]3(CCCc4cc(Cl)ccc43)COc3ccc(cc32)C(=O)NS1(=O)=O.[HH]. The Bertz CT molecular complexity index is 1940. The molecule has 1 saturated heterocycles. The van der Waals surface area contributed by atoms with Crippen LogP contribution in [0.1, 0.15) is 68.9 Å². The summed E-state index contributed by atoms with van der Waals surface area (Å²) in [5.74, 6) is 0.379. The smallest absolute Gasteiger partial charge is 0.264 e. The molecule has 1 amide bonds. The zero-order chi connectivity index (χ0) is 37.5. The van der Waals surface area contributed by atoms with Gasteiger partial charge in [0.1, 0.15) is 5.75 Å². The Morgan fingerprint density at radius 3 is 2.62 bits per heavy atom. The van der Waals surface area contributed by atoms with Crippen molar-refractivity contribution in [3.8, 4) is 5.75 Å². The van der Waals surface area contributed by atoms with Crippen molar-refractivity contribution < 1.29 is 32.5 Å². The van der Waals surface area contributed by atoms with Crippen LogP contribution in [0.25, 0.3) is 0 Å². The summed E-state index contributed by atoms with van der Waals surface area (Å²) in [7, 11) is -7.16. The van der Waals surface area contributed by atoms with E-state index in [1.807, 2.05) is 19.1 Å². The van der Waals surface area contributed by atoms with E-state index in [-0.39, 0.29) is 30.3 Å². The second-order valence-electron chi connectivity index (χ2n) is 15.9. The van der Waals surface area contributed by atoms with Crippen LogP contribution in [0.15, 0.2) is 48.6 Å². The number of allylic oxidation sites excluding steroid dienone is 1. The molecular weight excluding hydrogens is 736 g/mol. The number of anilines is 1. The minimum absolute atomic E-state index is 0. The van der Waals surface area contributed by atoms with Crippen LogP contribution < -0.4 is 14.4 Å². The predicted octanol–water partition coefficient (Wildman–Crippen LogP) is 5.09. The topological polar surface area (TPSA) is 126 Å². The number of hydrogen-bond acceptors (Lipinski definition) is 9. The maximum Gasteiger partial charge on any atom is 0.264 e. The third-order valence-electron chi connectivity index (χ3n) is 12.5. The van der Waals surface area contributed by atoms with Crippen LogP contribution in [0.3, 0.4) is 0 Å². The predicted molar refractivity (Wildman–Crippen MR) is 210 cm³/mol. The van der Waals surface area contributed by atoms with Gasteiger partial charge >= 0.3 is 0 Å². The highest BCUT2D eigenvalue weighted by Crippen LogP contribution is 2.47. The number of carbonyl (C=O) groups excluding carboxylic acids is 1. The largest absolute Gasteiger partial charge is 0.490 e. The number of fused-ring (bicyclic) bond motifs is 4. The molecule has 292 valence electrons. The molecule has 1 spiro atoms. The number of aryl methyl sites for hydroxylation is 1. The maximum absolute atomic E-state index is 13.6. The molecule has 0 aromatic heterocycles. The Morgan fingerprint density at radius 2 is 1.89 bits per heavy atom. The number of amides is 1. The molecule has 2 bridgehead atoms. The normalized spacial score (nSPS) is 31.7. The number of nitrogens with one attached hydrogen (secondary N) is 1. The highest BCUT2D eigenvalue weighted by molar-refractivity contribution is 7.90. The Balaban J connectivity index is 0.00000497. The highest BCUT2D eigenvalue weighted by atomic mass is 35.5. The molecule has 6 atom stereocenters. The molecule has 53 heavy (non-hydrogen) atoms. The van der Waals surface area contributed by atoms with Crippen molar-refractivity contribution >= 4 is 43.2 Å². The number of carbonyl (C=O) groups is 1. The monoisotopic (exact) mass is 790 g/mol. The fourth-order valence-electron chi connectivity index (χ4n) is 8.92. The molecule has 7 rings (SSSR count). The Hall–Kier alpha value is -2.68. The third kappa shape index (κ3) is 8.30. The van der Waals surface area contributed by atoms with E-state index in [0.717, 1.165) is 49.4 Å². The molecule has 3 heterocycles. The molecule has 3 aliphatic heterocycles. The van der Waals surface area contributed by atoms with Gasteiger partial charge in [-0.1, -0.05) is 36.7 Å². The van der Waals surface area contributed by atoms with E-state index in [2.05, 4.69) is 38.8 Å². The summed E-state index contributed by atoms with van der Waals surface area (Å²) in [4.78, 5) is 18.2. The van der Waals surface area contributed by atoms with Crippen molar-refractivity contribution in [3.63, 3.8) is 0 Å². The second-order valence-corrected chi connectivity index (χ2v) is 20.4. The molecule has 0 unspecified atom stereocenters. The zero-order valence-corrected chi connectivity index (χ0v) is 33.4. The number of benzene rings is 2. The minimum Gasteiger partial charge on any atom is -0.490 e. The fourth-order valence-corrected chi connectivity index (χ4v) is 11.2. The second kappa shape index (κ2) is 15.5. The molecule has 14 heteroatoms. The fraction of sp³-hybridized carbons (Fsp3) is 0.615. The molecule has 5 aliphatic rings. The molecule has 1 N–H and O–H groups in total. The van der Waals surface area contributed by atoms with Crippen molar-refractivity contribution in [2.24, 2.45) is 17.8 Å². The zero-order valence-electron chi connectivity index (χ0n) is 31.0.